The van der Waals surface area contributed by atoms with Crippen molar-refractivity contribution in [2.75, 3.05) is 52.9 Å². The van der Waals surface area contributed by atoms with Gasteiger partial charge in [-0.1, -0.05) is 11.6 Å². The summed E-state index contributed by atoms with van der Waals surface area (Å²) in [6, 6.07) is 12.8. The summed E-state index contributed by atoms with van der Waals surface area (Å²) >= 11 is 5.99. The summed E-state index contributed by atoms with van der Waals surface area (Å²) in [5.74, 6) is 0.241. The van der Waals surface area contributed by atoms with Crippen LogP contribution >= 0.6 is 11.6 Å². The maximum atomic E-state index is 13.3. The lowest BCUT2D eigenvalue weighted by Crippen LogP contribution is -2.53. The Morgan fingerprint density at radius 3 is 2.32 bits per heavy atom. The highest BCUT2D eigenvalue weighted by Crippen LogP contribution is 2.36. The van der Waals surface area contributed by atoms with Crippen LogP contribution in [0, 0.1) is 11.2 Å². The molecule has 4 rings (SSSR count). The number of benzene rings is 2. The molecular weight excluding hydrogens is 457 g/mol. The molecule has 2 aromatic rings. The van der Waals surface area contributed by atoms with Gasteiger partial charge in [-0.25, -0.2) is 4.39 Å². The van der Waals surface area contributed by atoms with E-state index in [1.807, 2.05) is 9.80 Å². The van der Waals surface area contributed by atoms with E-state index >= 15 is 0 Å². The van der Waals surface area contributed by atoms with Gasteiger partial charge in [-0.15, -0.1) is 0 Å². The minimum atomic E-state index is -0.519. The Balaban J connectivity index is 1.51. The van der Waals surface area contributed by atoms with E-state index < -0.39 is 5.41 Å². The quantitative estimate of drug-likeness (QED) is 0.619. The van der Waals surface area contributed by atoms with E-state index in [9.17, 15) is 14.0 Å². The number of carbonyl (C=O) groups is 2. The van der Waals surface area contributed by atoms with E-state index in [1.165, 1.54) is 12.1 Å². The molecule has 6 nitrogen and oxygen atoms in total. The summed E-state index contributed by atoms with van der Waals surface area (Å²) in [5.41, 5.74) is 0.0554. The zero-order valence-corrected chi connectivity index (χ0v) is 20.3. The highest BCUT2D eigenvalue weighted by Gasteiger charge is 2.41. The molecule has 2 fully saturated rings. The minimum absolute atomic E-state index is 0.0745. The van der Waals surface area contributed by atoms with Gasteiger partial charge in [0, 0.05) is 61.7 Å². The van der Waals surface area contributed by atoms with Crippen molar-refractivity contribution < 1.29 is 18.7 Å². The Kier molecular flexibility index (Phi) is 7.73. The predicted octanol–water partition coefficient (Wildman–Crippen LogP) is 3.94. The Labute approximate surface area is 205 Å². The molecule has 182 valence electrons. The van der Waals surface area contributed by atoms with Gasteiger partial charge in [0.1, 0.15) is 11.6 Å². The van der Waals surface area contributed by atoms with Crippen LogP contribution in [0.4, 0.5) is 4.39 Å². The van der Waals surface area contributed by atoms with E-state index in [0.717, 1.165) is 25.9 Å². The number of amides is 2. The molecule has 2 aromatic carbocycles. The highest BCUT2D eigenvalue weighted by atomic mass is 35.5. The number of piperidine rings is 1. The SMILES string of the molecule is CN1CCN(C(=O)CC2(COc3ccc(F)cc3)CCCN(C(=O)c3ccc(Cl)cc3)C2)CC1. The number of likely N-dealkylation sites (tertiary alicyclic amines) is 1. The molecule has 0 saturated carbocycles. The summed E-state index contributed by atoms with van der Waals surface area (Å²) in [6.07, 6.45) is 1.86. The molecule has 1 unspecified atom stereocenters. The number of hydrogen-bond donors (Lipinski definition) is 0. The summed E-state index contributed by atoms with van der Waals surface area (Å²) < 4.78 is 19.4. The van der Waals surface area contributed by atoms with Gasteiger partial charge in [0.25, 0.3) is 5.91 Å². The fourth-order valence-electron chi connectivity index (χ4n) is 4.73. The zero-order valence-electron chi connectivity index (χ0n) is 19.5. The lowest BCUT2D eigenvalue weighted by atomic mass is 9.77. The molecule has 2 aliphatic rings. The topological polar surface area (TPSA) is 53.1 Å². The molecule has 34 heavy (non-hydrogen) atoms. The molecule has 0 bridgehead atoms. The van der Waals surface area contributed by atoms with Crippen LogP contribution in [0.5, 0.6) is 5.75 Å². The largest absolute Gasteiger partial charge is 0.493 e. The molecule has 1 atom stereocenters. The Bertz CT molecular complexity index is 993. The molecule has 0 spiro atoms. The summed E-state index contributed by atoms with van der Waals surface area (Å²) in [4.78, 5) is 32.5. The number of piperazine rings is 1. The molecular formula is C26H31ClFN3O3. The maximum Gasteiger partial charge on any atom is 0.253 e. The fraction of sp³-hybridized carbons (Fsp3) is 0.462. The lowest BCUT2D eigenvalue weighted by molar-refractivity contribution is -0.137. The van der Waals surface area contributed by atoms with Crippen molar-refractivity contribution >= 4 is 23.4 Å². The average molecular weight is 488 g/mol. The van der Waals surface area contributed by atoms with Crippen LogP contribution in [0.3, 0.4) is 0 Å². The van der Waals surface area contributed by atoms with Crippen LogP contribution in [0.1, 0.15) is 29.6 Å². The Morgan fingerprint density at radius 1 is 0.971 bits per heavy atom. The predicted molar refractivity (Wildman–Crippen MR) is 130 cm³/mol. The van der Waals surface area contributed by atoms with Crippen molar-refractivity contribution in [3.63, 3.8) is 0 Å². The first-order valence-electron chi connectivity index (χ1n) is 11.7. The van der Waals surface area contributed by atoms with Crippen molar-refractivity contribution in [3.8, 4) is 5.75 Å². The average Bonchev–Trinajstić information content (AvgIpc) is 2.84. The number of rotatable bonds is 6. The first-order chi connectivity index (χ1) is 16.3. The number of hydrogen-bond acceptors (Lipinski definition) is 4. The van der Waals surface area contributed by atoms with Gasteiger partial charge >= 0.3 is 0 Å². The summed E-state index contributed by atoms with van der Waals surface area (Å²) in [6.45, 7) is 4.45. The van der Waals surface area contributed by atoms with Gasteiger partial charge in [-0.2, -0.15) is 0 Å². The van der Waals surface area contributed by atoms with Gasteiger partial charge in [0.05, 0.1) is 6.61 Å². The van der Waals surface area contributed by atoms with Gasteiger partial charge in [-0.05, 0) is 68.4 Å². The molecule has 0 aromatic heterocycles. The monoisotopic (exact) mass is 487 g/mol. The van der Waals surface area contributed by atoms with Gasteiger partial charge in [0.2, 0.25) is 5.91 Å². The Hall–Kier alpha value is -2.64. The van der Waals surface area contributed by atoms with Crippen LogP contribution in [-0.4, -0.2) is 79.4 Å². The van der Waals surface area contributed by atoms with Gasteiger partial charge in [0.15, 0.2) is 0 Å². The van der Waals surface area contributed by atoms with Crippen molar-refractivity contribution in [2.24, 2.45) is 5.41 Å². The van der Waals surface area contributed by atoms with Crippen LogP contribution in [0.25, 0.3) is 0 Å². The van der Waals surface area contributed by atoms with Gasteiger partial charge < -0.3 is 19.4 Å². The third-order valence-electron chi connectivity index (χ3n) is 6.78. The first kappa shape index (κ1) is 24.5. The van der Waals surface area contributed by atoms with Crippen molar-refractivity contribution in [3.05, 3.63) is 64.9 Å². The van der Waals surface area contributed by atoms with E-state index in [2.05, 4.69) is 11.9 Å². The summed E-state index contributed by atoms with van der Waals surface area (Å²) in [7, 11) is 2.06. The van der Waals surface area contributed by atoms with Crippen LogP contribution < -0.4 is 4.74 Å². The van der Waals surface area contributed by atoms with Crippen molar-refractivity contribution in [1.82, 2.24) is 14.7 Å². The third-order valence-corrected chi connectivity index (χ3v) is 7.03. The number of halogens is 2. The maximum absolute atomic E-state index is 13.3. The van der Waals surface area contributed by atoms with E-state index in [-0.39, 0.29) is 24.2 Å². The molecule has 2 heterocycles. The van der Waals surface area contributed by atoms with Gasteiger partial charge in [-0.3, -0.25) is 9.59 Å². The van der Waals surface area contributed by atoms with Crippen molar-refractivity contribution in [2.45, 2.75) is 19.3 Å². The second-order valence-corrected chi connectivity index (χ2v) is 9.88. The van der Waals surface area contributed by atoms with Crippen LogP contribution in [0.15, 0.2) is 48.5 Å². The molecule has 0 radical (unpaired) electrons. The second-order valence-electron chi connectivity index (χ2n) is 9.44. The van der Waals surface area contributed by atoms with E-state index in [0.29, 0.717) is 48.9 Å². The Morgan fingerprint density at radius 2 is 1.65 bits per heavy atom. The van der Waals surface area contributed by atoms with E-state index in [4.69, 9.17) is 16.3 Å². The van der Waals surface area contributed by atoms with E-state index in [1.54, 1.807) is 36.4 Å². The van der Waals surface area contributed by atoms with Crippen molar-refractivity contribution in [1.29, 1.82) is 0 Å². The molecule has 0 N–H and O–H groups in total. The standard InChI is InChI=1S/C26H31ClFN3O3/c1-29-13-15-30(16-14-29)24(32)17-26(19-34-23-9-7-22(28)8-10-23)11-2-12-31(18-26)25(33)20-3-5-21(27)6-4-20/h3-10H,2,11-19H2,1H3. The third kappa shape index (κ3) is 6.07. The fourth-order valence-corrected chi connectivity index (χ4v) is 4.85. The highest BCUT2D eigenvalue weighted by molar-refractivity contribution is 6.30. The normalized spacial score (nSPS) is 21.4. The molecule has 0 aliphatic carbocycles. The number of likely N-dealkylation sites (N-methyl/N-ethyl adjacent to an activating group) is 1. The molecule has 2 aliphatic heterocycles. The smallest absolute Gasteiger partial charge is 0.253 e. The molecule has 2 saturated heterocycles. The first-order valence-corrected chi connectivity index (χ1v) is 12.1. The lowest BCUT2D eigenvalue weighted by Gasteiger charge is -2.43. The number of ether oxygens (including phenoxy) is 1. The summed E-state index contributed by atoms with van der Waals surface area (Å²) in [5, 5.41) is 0.579. The van der Waals surface area contributed by atoms with Crippen LogP contribution in [-0.2, 0) is 4.79 Å². The molecule has 2 amide bonds. The van der Waals surface area contributed by atoms with Crippen LogP contribution in [0.2, 0.25) is 5.02 Å². The second kappa shape index (κ2) is 10.7. The number of nitrogens with zero attached hydrogens (tertiary/aromatic N) is 3. The minimum Gasteiger partial charge on any atom is -0.493 e. The molecule has 8 heteroatoms. The number of carbonyl (C=O) groups excluding carboxylic acids is 2. The zero-order chi connectivity index (χ0) is 24.1.